The Kier molecular flexibility index (Phi) is 5.93. The predicted octanol–water partition coefficient (Wildman–Crippen LogP) is 4.00. The number of primary sulfonamides is 1. The Hall–Kier alpha value is -2.82. The maximum absolute atomic E-state index is 13.7. The van der Waals surface area contributed by atoms with Crippen LogP contribution in [-0.4, -0.2) is 40.3 Å². The molecule has 1 spiro atoms. The highest BCUT2D eigenvalue weighted by atomic mass is 32.2. The number of hydrogen-bond acceptors (Lipinski definition) is 5. The fraction of sp³-hybridized carbons (Fsp3) is 0.360. The van der Waals surface area contributed by atoms with Crippen molar-refractivity contribution in [3.8, 4) is 11.1 Å². The lowest BCUT2D eigenvalue weighted by atomic mass is 9.86. The number of H-pyrrole nitrogens is 1. The summed E-state index contributed by atoms with van der Waals surface area (Å²) in [7, 11) is -3.93. The van der Waals surface area contributed by atoms with Crippen molar-refractivity contribution in [2.45, 2.75) is 54.5 Å². The number of aromatic amines is 1. The Bertz CT molecular complexity index is 1420. The van der Waals surface area contributed by atoms with Crippen LogP contribution >= 0.6 is 11.8 Å². The first-order chi connectivity index (χ1) is 16.6. The minimum absolute atomic E-state index is 0.0387. The van der Waals surface area contributed by atoms with Gasteiger partial charge in [0.2, 0.25) is 10.0 Å². The average Bonchev–Trinajstić information content (AvgIpc) is 3.30. The second-order valence-corrected chi connectivity index (χ2v) is 12.8. The number of carbonyl (C=O) groups is 2. The number of nitrogens with two attached hydrogens (primary N) is 1. The molecule has 2 fully saturated rings. The van der Waals surface area contributed by atoms with Gasteiger partial charge in [-0.1, -0.05) is 43.7 Å². The van der Waals surface area contributed by atoms with E-state index in [0.29, 0.717) is 22.4 Å². The van der Waals surface area contributed by atoms with Gasteiger partial charge in [0.05, 0.1) is 10.1 Å². The summed E-state index contributed by atoms with van der Waals surface area (Å²) >= 11 is 1.63. The van der Waals surface area contributed by atoms with Crippen LogP contribution in [0.15, 0.2) is 53.4 Å². The summed E-state index contributed by atoms with van der Waals surface area (Å²) in [6.07, 6.45) is 3.76. The second-order valence-electron chi connectivity index (χ2n) is 9.52. The van der Waals surface area contributed by atoms with Crippen molar-refractivity contribution in [3.05, 3.63) is 54.2 Å². The molecule has 2 aromatic carbocycles. The topological polar surface area (TPSA) is 125 Å². The number of thioether (sulfide) groups is 1. The van der Waals surface area contributed by atoms with Gasteiger partial charge < -0.3 is 4.98 Å². The zero-order chi connectivity index (χ0) is 25.0. The van der Waals surface area contributed by atoms with Crippen molar-refractivity contribution in [1.82, 2.24) is 15.4 Å². The van der Waals surface area contributed by atoms with E-state index in [1.807, 2.05) is 37.3 Å². The van der Waals surface area contributed by atoms with E-state index in [2.05, 4.69) is 17.3 Å². The van der Waals surface area contributed by atoms with Crippen LogP contribution in [0.1, 0.15) is 50.0 Å². The third-order valence-corrected chi connectivity index (χ3v) is 9.36. The van der Waals surface area contributed by atoms with Crippen molar-refractivity contribution >= 4 is 44.5 Å². The number of carbonyl (C=O) groups excluding carboxylic acids is 2. The van der Waals surface area contributed by atoms with E-state index in [1.165, 1.54) is 12.1 Å². The molecular weight excluding hydrogens is 484 g/mol. The first-order valence-corrected chi connectivity index (χ1v) is 14.1. The molecule has 1 aliphatic heterocycles. The highest BCUT2D eigenvalue weighted by molar-refractivity contribution is 8.02. The Morgan fingerprint density at radius 1 is 1.20 bits per heavy atom. The molecule has 1 aliphatic carbocycles. The third-order valence-electron chi connectivity index (χ3n) is 6.91. The van der Waals surface area contributed by atoms with Gasteiger partial charge in [-0.25, -0.2) is 18.6 Å². The van der Waals surface area contributed by atoms with Gasteiger partial charge in [-0.15, -0.1) is 11.8 Å². The van der Waals surface area contributed by atoms with E-state index in [9.17, 15) is 18.0 Å². The Balaban J connectivity index is 1.60. The van der Waals surface area contributed by atoms with E-state index in [-0.39, 0.29) is 21.7 Å². The number of nitrogens with one attached hydrogen (secondary N) is 2. The SMILES string of the molecule is CC1CCCC2(C1)SC(C)C(=O)N2NC(=O)c1[nH]c2ccc(S(N)(=O)=O)cc2c1-c1ccccc1. The summed E-state index contributed by atoms with van der Waals surface area (Å²) in [5, 5.41) is 7.24. The van der Waals surface area contributed by atoms with Gasteiger partial charge >= 0.3 is 0 Å². The summed E-state index contributed by atoms with van der Waals surface area (Å²) < 4.78 is 24.0. The minimum Gasteiger partial charge on any atom is -0.350 e. The number of sulfonamides is 1. The molecule has 2 amide bonds. The molecule has 1 saturated carbocycles. The summed E-state index contributed by atoms with van der Waals surface area (Å²) in [5.74, 6) is -0.0949. The Morgan fingerprint density at radius 2 is 1.94 bits per heavy atom. The minimum atomic E-state index is -3.93. The third kappa shape index (κ3) is 4.23. The number of rotatable bonds is 4. The number of aromatic nitrogens is 1. The predicted molar refractivity (Wildman–Crippen MR) is 137 cm³/mol. The van der Waals surface area contributed by atoms with Gasteiger partial charge in [-0.3, -0.25) is 15.0 Å². The molecule has 0 bridgehead atoms. The van der Waals surface area contributed by atoms with E-state index in [4.69, 9.17) is 5.14 Å². The number of nitrogens with zero attached hydrogens (tertiary/aromatic N) is 1. The monoisotopic (exact) mass is 512 g/mol. The molecule has 3 aromatic rings. The van der Waals surface area contributed by atoms with Gasteiger partial charge in [0.25, 0.3) is 11.8 Å². The molecule has 5 rings (SSSR count). The summed E-state index contributed by atoms with van der Waals surface area (Å²) in [6, 6.07) is 13.7. The summed E-state index contributed by atoms with van der Waals surface area (Å²) in [5.41, 5.74) is 5.08. The van der Waals surface area contributed by atoms with Crippen LogP contribution in [0.2, 0.25) is 0 Å². The van der Waals surface area contributed by atoms with Crippen LogP contribution in [-0.2, 0) is 14.8 Å². The summed E-state index contributed by atoms with van der Waals surface area (Å²) in [4.78, 5) is 29.5. The van der Waals surface area contributed by atoms with E-state index < -0.39 is 20.8 Å². The number of benzene rings is 2. The van der Waals surface area contributed by atoms with Gasteiger partial charge in [0.1, 0.15) is 10.6 Å². The first-order valence-electron chi connectivity index (χ1n) is 11.7. The lowest BCUT2D eigenvalue weighted by molar-refractivity contribution is -0.136. The van der Waals surface area contributed by atoms with Crippen molar-refractivity contribution in [2.24, 2.45) is 11.1 Å². The van der Waals surface area contributed by atoms with E-state index in [0.717, 1.165) is 31.2 Å². The van der Waals surface area contributed by atoms with Crippen LogP contribution in [0.5, 0.6) is 0 Å². The molecule has 4 N–H and O–H groups in total. The molecule has 1 saturated heterocycles. The number of amides is 2. The van der Waals surface area contributed by atoms with Crippen LogP contribution in [0.4, 0.5) is 0 Å². The normalized spacial score (nSPS) is 24.9. The highest BCUT2D eigenvalue weighted by Crippen LogP contribution is 2.50. The molecule has 2 heterocycles. The van der Waals surface area contributed by atoms with Crippen molar-refractivity contribution < 1.29 is 18.0 Å². The van der Waals surface area contributed by atoms with Gasteiger partial charge in [0, 0.05) is 16.5 Å². The lowest BCUT2D eigenvalue weighted by Crippen LogP contribution is -2.56. The molecule has 2 aliphatic rings. The zero-order valence-corrected chi connectivity index (χ0v) is 21.2. The van der Waals surface area contributed by atoms with E-state index >= 15 is 0 Å². The molecule has 35 heavy (non-hydrogen) atoms. The van der Waals surface area contributed by atoms with Crippen molar-refractivity contribution in [1.29, 1.82) is 0 Å². The van der Waals surface area contributed by atoms with Crippen molar-refractivity contribution in [2.75, 3.05) is 0 Å². The molecule has 1 aromatic heterocycles. The van der Waals surface area contributed by atoms with Gasteiger partial charge in [-0.05, 0) is 55.9 Å². The molecule has 10 heteroatoms. The van der Waals surface area contributed by atoms with Crippen molar-refractivity contribution in [3.63, 3.8) is 0 Å². The number of hydrazine groups is 1. The maximum atomic E-state index is 13.7. The number of hydrogen-bond donors (Lipinski definition) is 3. The number of fused-ring (bicyclic) bond motifs is 1. The molecule has 3 atom stereocenters. The highest BCUT2D eigenvalue weighted by Gasteiger charge is 2.52. The molecule has 184 valence electrons. The molecule has 0 radical (unpaired) electrons. The van der Waals surface area contributed by atoms with Gasteiger partial charge in [-0.2, -0.15) is 0 Å². The van der Waals surface area contributed by atoms with E-state index in [1.54, 1.807) is 22.8 Å². The fourth-order valence-electron chi connectivity index (χ4n) is 5.34. The molecule has 8 nitrogen and oxygen atoms in total. The van der Waals surface area contributed by atoms with Gasteiger partial charge in [0.15, 0.2) is 0 Å². The van der Waals surface area contributed by atoms with Crippen LogP contribution in [0.25, 0.3) is 22.0 Å². The Labute approximate surface area is 208 Å². The zero-order valence-electron chi connectivity index (χ0n) is 19.6. The molecular formula is C25H28N4O4S2. The quantitative estimate of drug-likeness (QED) is 0.487. The fourth-order valence-corrected chi connectivity index (χ4v) is 7.63. The summed E-state index contributed by atoms with van der Waals surface area (Å²) in [6.45, 7) is 4.07. The maximum Gasteiger partial charge on any atom is 0.286 e. The Morgan fingerprint density at radius 3 is 2.63 bits per heavy atom. The standard InChI is InChI=1S/C25H28N4O4S2/c1-15-7-6-12-25(14-15)29(24(31)16(2)34-25)28-23(30)22-21(17-8-4-3-5-9-17)19-13-18(35(26,32)33)10-11-20(19)27-22/h3-5,8-11,13,15-16,27H,6-7,12,14H2,1-2H3,(H,28,30)(H2,26,32,33). The van der Waals surface area contributed by atoms with Crippen LogP contribution in [0.3, 0.4) is 0 Å². The average molecular weight is 513 g/mol. The smallest absolute Gasteiger partial charge is 0.286 e. The first kappa shape index (κ1) is 23.9. The van der Waals surface area contributed by atoms with Crippen LogP contribution < -0.4 is 10.6 Å². The molecule has 3 unspecified atom stereocenters. The largest absolute Gasteiger partial charge is 0.350 e. The second kappa shape index (κ2) is 8.69. The van der Waals surface area contributed by atoms with Crippen LogP contribution in [0, 0.1) is 5.92 Å². The lowest BCUT2D eigenvalue weighted by Gasteiger charge is -2.42.